The second-order valence-corrected chi connectivity index (χ2v) is 11.2. The molecule has 2 aliphatic rings. The highest BCUT2D eigenvalue weighted by molar-refractivity contribution is 7.81. The van der Waals surface area contributed by atoms with Crippen molar-refractivity contribution in [3.8, 4) is 16.9 Å². The van der Waals surface area contributed by atoms with Crippen LogP contribution in [0, 0.1) is 5.92 Å². The fraction of sp³-hybridized carbons (Fsp3) is 0.481. The first-order valence-corrected chi connectivity index (χ1v) is 14.3. The third-order valence-electron chi connectivity index (χ3n) is 7.02. The van der Waals surface area contributed by atoms with Gasteiger partial charge in [-0.05, 0) is 49.9 Å². The molecule has 1 unspecified atom stereocenters. The zero-order valence-corrected chi connectivity index (χ0v) is 22.4. The lowest BCUT2D eigenvalue weighted by Crippen LogP contribution is -2.46. The number of piperazine rings is 1. The normalized spacial score (nSPS) is 17.7. The average molecular weight is 527 g/mol. The molecule has 1 aliphatic heterocycles. The van der Waals surface area contributed by atoms with E-state index in [-0.39, 0.29) is 11.5 Å². The van der Waals surface area contributed by atoms with Crippen molar-refractivity contribution < 1.29 is 18.2 Å². The lowest BCUT2D eigenvalue weighted by Gasteiger charge is -2.32. The predicted octanol–water partition coefficient (Wildman–Crippen LogP) is 2.75. The van der Waals surface area contributed by atoms with E-state index in [1.807, 2.05) is 23.4 Å². The molecular formula is C27H34N4O5S. The summed E-state index contributed by atoms with van der Waals surface area (Å²) in [5.41, 5.74) is 2.47. The van der Waals surface area contributed by atoms with E-state index >= 15 is 0 Å². The van der Waals surface area contributed by atoms with E-state index in [1.54, 1.807) is 36.2 Å². The number of carbonyl (C=O) groups excluding carboxylic acids is 1. The molecular weight excluding hydrogens is 492 g/mol. The number of nitrogens with zero attached hydrogens (tertiary/aromatic N) is 3. The van der Waals surface area contributed by atoms with Gasteiger partial charge in [0, 0.05) is 68.9 Å². The van der Waals surface area contributed by atoms with Crippen molar-refractivity contribution in [1.82, 2.24) is 19.1 Å². The molecule has 1 saturated carbocycles. The largest absolute Gasteiger partial charge is 0.493 e. The van der Waals surface area contributed by atoms with Crippen molar-refractivity contribution in [3.05, 3.63) is 52.1 Å². The topological polar surface area (TPSA) is 97.0 Å². The number of hydrogen-bond acceptors (Lipinski definition) is 6. The SMILES string of the molecule is CCNC(=O)c1ccc(-c2cn(C)c(=O)c3cc(CN4CCN(S(C)=O)CC4)oc23)c(OCC2CC2)c1. The molecule has 2 aromatic heterocycles. The highest BCUT2D eigenvalue weighted by Crippen LogP contribution is 2.38. The molecule has 1 aromatic carbocycles. The predicted molar refractivity (Wildman–Crippen MR) is 144 cm³/mol. The maximum Gasteiger partial charge on any atom is 0.261 e. The van der Waals surface area contributed by atoms with E-state index < -0.39 is 11.0 Å². The lowest BCUT2D eigenvalue weighted by atomic mass is 10.0. The van der Waals surface area contributed by atoms with Gasteiger partial charge in [-0.3, -0.25) is 14.5 Å². The summed E-state index contributed by atoms with van der Waals surface area (Å²) >= 11 is 0. The quantitative estimate of drug-likeness (QED) is 0.461. The molecule has 198 valence electrons. The van der Waals surface area contributed by atoms with Crippen LogP contribution in [0.3, 0.4) is 0 Å². The summed E-state index contributed by atoms with van der Waals surface area (Å²) in [6.45, 7) is 6.62. The van der Waals surface area contributed by atoms with E-state index in [9.17, 15) is 13.8 Å². The smallest absolute Gasteiger partial charge is 0.261 e. The number of aromatic nitrogens is 1. The van der Waals surface area contributed by atoms with Gasteiger partial charge in [-0.1, -0.05) is 0 Å². The number of pyridine rings is 1. The van der Waals surface area contributed by atoms with Crippen LogP contribution in [-0.4, -0.2) is 69.5 Å². The molecule has 1 atom stereocenters. The monoisotopic (exact) mass is 526 g/mol. The maximum absolute atomic E-state index is 13.0. The van der Waals surface area contributed by atoms with Gasteiger partial charge in [0.2, 0.25) is 0 Å². The summed E-state index contributed by atoms with van der Waals surface area (Å²) in [4.78, 5) is 27.8. The first-order chi connectivity index (χ1) is 17.8. The molecule has 1 N–H and O–H groups in total. The van der Waals surface area contributed by atoms with E-state index in [4.69, 9.17) is 9.15 Å². The van der Waals surface area contributed by atoms with Crippen molar-refractivity contribution in [2.75, 3.05) is 45.6 Å². The molecule has 0 bridgehead atoms. The summed E-state index contributed by atoms with van der Waals surface area (Å²) in [6.07, 6.45) is 5.79. The summed E-state index contributed by atoms with van der Waals surface area (Å²) < 4.78 is 27.8. The molecule has 3 aromatic rings. The van der Waals surface area contributed by atoms with Crippen LogP contribution in [0.5, 0.6) is 5.75 Å². The number of fused-ring (bicyclic) bond motifs is 1. The summed E-state index contributed by atoms with van der Waals surface area (Å²) in [5.74, 6) is 1.72. The zero-order valence-electron chi connectivity index (χ0n) is 21.6. The minimum absolute atomic E-state index is 0.126. The number of aryl methyl sites for hydroxylation is 1. The Bertz CT molecular complexity index is 1390. The third-order valence-corrected chi connectivity index (χ3v) is 8.11. The van der Waals surface area contributed by atoms with Crippen LogP contribution in [0.15, 0.2) is 39.7 Å². The van der Waals surface area contributed by atoms with E-state index in [0.717, 1.165) is 50.1 Å². The molecule has 1 amide bonds. The van der Waals surface area contributed by atoms with Gasteiger partial charge < -0.3 is 19.0 Å². The highest BCUT2D eigenvalue weighted by atomic mass is 32.2. The summed E-state index contributed by atoms with van der Waals surface area (Å²) in [5, 5.41) is 3.36. The van der Waals surface area contributed by atoms with Gasteiger partial charge >= 0.3 is 0 Å². The Hall–Kier alpha value is -2.95. The van der Waals surface area contributed by atoms with E-state index in [2.05, 4.69) is 10.2 Å². The maximum atomic E-state index is 13.0. The summed E-state index contributed by atoms with van der Waals surface area (Å²) in [6, 6.07) is 7.26. The van der Waals surface area contributed by atoms with Gasteiger partial charge in [0.1, 0.15) is 17.1 Å². The lowest BCUT2D eigenvalue weighted by molar-refractivity contribution is 0.0955. The molecule has 3 heterocycles. The molecule has 2 fully saturated rings. The Morgan fingerprint density at radius 3 is 2.59 bits per heavy atom. The molecule has 1 saturated heterocycles. The van der Waals surface area contributed by atoms with Gasteiger partial charge in [-0.15, -0.1) is 0 Å². The number of rotatable bonds is 9. The highest BCUT2D eigenvalue weighted by Gasteiger charge is 2.25. The van der Waals surface area contributed by atoms with Crippen LogP contribution >= 0.6 is 0 Å². The van der Waals surface area contributed by atoms with E-state index in [0.29, 0.717) is 53.7 Å². The molecule has 10 heteroatoms. The number of ether oxygens (including phenoxy) is 1. The number of furan rings is 1. The van der Waals surface area contributed by atoms with Crippen LogP contribution in [0.25, 0.3) is 22.1 Å². The Balaban J connectivity index is 1.50. The van der Waals surface area contributed by atoms with Gasteiger partial charge in [0.05, 0.1) is 29.5 Å². The first-order valence-electron chi connectivity index (χ1n) is 12.8. The molecule has 5 rings (SSSR count). The second kappa shape index (κ2) is 10.8. The fourth-order valence-electron chi connectivity index (χ4n) is 4.70. The van der Waals surface area contributed by atoms with Crippen molar-refractivity contribution in [2.45, 2.75) is 26.3 Å². The molecule has 37 heavy (non-hydrogen) atoms. The minimum Gasteiger partial charge on any atom is -0.493 e. The van der Waals surface area contributed by atoms with Crippen LogP contribution in [0.4, 0.5) is 0 Å². The van der Waals surface area contributed by atoms with Crippen molar-refractivity contribution in [1.29, 1.82) is 0 Å². The van der Waals surface area contributed by atoms with Gasteiger partial charge in [-0.25, -0.2) is 8.51 Å². The standard InChI is InChI=1S/C27H34N4O5S/c1-4-28-26(32)19-7-8-21(24(13-19)35-17-18-5-6-18)23-16-29(2)27(33)22-14-20(36-25(22)23)15-30-9-11-31(12-10-30)37(3)34/h7-8,13-14,16,18H,4-6,9-12,15,17H2,1-3H3,(H,28,32). The van der Waals surface area contributed by atoms with Gasteiger partial charge in [0.25, 0.3) is 11.5 Å². The number of hydrogen-bond donors (Lipinski definition) is 1. The molecule has 1 aliphatic carbocycles. The number of carbonyl (C=O) groups is 1. The van der Waals surface area contributed by atoms with Crippen LogP contribution < -0.4 is 15.6 Å². The van der Waals surface area contributed by atoms with Crippen LogP contribution in [-0.2, 0) is 24.6 Å². The van der Waals surface area contributed by atoms with Crippen molar-refractivity contribution in [2.24, 2.45) is 13.0 Å². The van der Waals surface area contributed by atoms with Crippen LogP contribution in [0.1, 0.15) is 35.9 Å². The number of nitrogens with one attached hydrogen (secondary N) is 1. The Kier molecular flexibility index (Phi) is 7.50. The second-order valence-electron chi connectivity index (χ2n) is 9.87. The summed E-state index contributed by atoms with van der Waals surface area (Å²) in [7, 11) is 0.769. The molecule has 9 nitrogen and oxygen atoms in total. The van der Waals surface area contributed by atoms with Crippen LogP contribution in [0.2, 0.25) is 0 Å². The Morgan fingerprint density at radius 1 is 1.16 bits per heavy atom. The third kappa shape index (κ3) is 5.66. The minimum atomic E-state index is -0.963. The van der Waals surface area contributed by atoms with Crippen molar-refractivity contribution in [3.63, 3.8) is 0 Å². The number of benzene rings is 1. The number of amides is 1. The zero-order chi connectivity index (χ0) is 26.1. The van der Waals surface area contributed by atoms with Crippen molar-refractivity contribution >= 4 is 27.9 Å². The van der Waals surface area contributed by atoms with Gasteiger partial charge in [0.15, 0.2) is 0 Å². The van der Waals surface area contributed by atoms with Gasteiger partial charge in [-0.2, -0.15) is 0 Å². The Morgan fingerprint density at radius 2 is 1.92 bits per heavy atom. The molecule has 0 radical (unpaired) electrons. The Labute approximate surface area is 219 Å². The van der Waals surface area contributed by atoms with E-state index in [1.165, 1.54) is 0 Å². The average Bonchev–Trinajstić information content (AvgIpc) is 3.63. The molecule has 0 spiro atoms. The first kappa shape index (κ1) is 25.7. The fourth-order valence-corrected chi connectivity index (χ4v) is 5.37.